The molecule has 0 unspecified atom stereocenters. The molecule has 2 aromatic rings. The third kappa shape index (κ3) is 5.36. The average molecular weight is 374 g/mol. The van der Waals surface area contributed by atoms with Crippen LogP contribution in [0.5, 0.6) is 5.75 Å². The lowest BCUT2D eigenvalue weighted by Gasteiger charge is -2.10. The van der Waals surface area contributed by atoms with Crippen LogP contribution in [0.4, 0.5) is 13.2 Å². The highest BCUT2D eigenvalue weighted by molar-refractivity contribution is 7.88. The molecular formula is C18H21F3O3S. The number of unbranched alkanes of at least 4 members (excludes halogenated alkanes) is 4. The van der Waals surface area contributed by atoms with Gasteiger partial charge in [-0.1, -0.05) is 56.9 Å². The first-order valence-corrected chi connectivity index (χ1v) is 9.67. The van der Waals surface area contributed by atoms with Crippen molar-refractivity contribution in [2.24, 2.45) is 0 Å². The van der Waals surface area contributed by atoms with Crippen LogP contribution in [-0.4, -0.2) is 13.9 Å². The van der Waals surface area contributed by atoms with Gasteiger partial charge in [-0.15, -0.1) is 0 Å². The van der Waals surface area contributed by atoms with Gasteiger partial charge in [-0.2, -0.15) is 21.6 Å². The maximum Gasteiger partial charge on any atom is 0.534 e. The Balaban J connectivity index is 2.08. The van der Waals surface area contributed by atoms with Gasteiger partial charge < -0.3 is 4.18 Å². The SMILES string of the molecule is CCCCCCCc1ccc2cc(OS(=O)(=O)C(F)(F)F)ccc2c1. The van der Waals surface area contributed by atoms with Gasteiger partial charge >= 0.3 is 15.6 Å². The van der Waals surface area contributed by atoms with Crippen LogP contribution in [0, 0.1) is 0 Å². The molecular weight excluding hydrogens is 353 g/mol. The van der Waals surface area contributed by atoms with E-state index in [0.717, 1.165) is 23.8 Å². The molecule has 0 bridgehead atoms. The Bertz CT molecular complexity index is 814. The van der Waals surface area contributed by atoms with Gasteiger partial charge in [0, 0.05) is 0 Å². The van der Waals surface area contributed by atoms with Gasteiger partial charge in [0.25, 0.3) is 0 Å². The summed E-state index contributed by atoms with van der Waals surface area (Å²) in [7, 11) is -5.65. The van der Waals surface area contributed by atoms with Crippen molar-refractivity contribution in [1.82, 2.24) is 0 Å². The van der Waals surface area contributed by atoms with Crippen LogP contribution in [-0.2, 0) is 16.5 Å². The molecule has 0 spiro atoms. The van der Waals surface area contributed by atoms with E-state index in [1.807, 2.05) is 12.1 Å². The molecule has 0 aliphatic carbocycles. The van der Waals surface area contributed by atoms with Gasteiger partial charge in [0.2, 0.25) is 0 Å². The Hall–Kier alpha value is -1.76. The van der Waals surface area contributed by atoms with E-state index in [4.69, 9.17) is 0 Å². The molecule has 2 aromatic carbocycles. The van der Waals surface area contributed by atoms with Gasteiger partial charge in [-0.05, 0) is 41.3 Å². The van der Waals surface area contributed by atoms with Crippen LogP contribution in [0.25, 0.3) is 10.8 Å². The Morgan fingerprint density at radius 2 is 1.56 bits per heavy atom. The summed E-state index contributed by atoms with van der Waals surface area (Å²) in [5, 5.41) is 1.47. The van der Waals surface area contributed by atoms with Crippen LogP contribution in [0.2, 0.25) is 0 Å². The van der Waals surface area contributed by atoms with Crippen LogP contribution in [0.1, 0.15) is 44.6 Å². The second kappa shape index (κ2) is 8.08. The van der Waals surface area contributed by atoms with Gasteiger partial charge in [-0.25, -0.2) is 0 Å². The maximum atomic E-state index is 12.4. The average Bonchev–Trinajstić information content (AvgIpc) is 2.53. The first-order valence-electron chi connectivity index (χ1n) is 8.26. The first kappa shape index (κ1) is 19.6. The van der Waals surface area contributed by atoms with Crippen molar-refractivity contribution in [3.63, 3.8) is 0 Å². The van der Waals surface area contributed by atoms with Crippen molar-refractivity contribution >= 4 is 20.9 Å². The van der Waals surface area contributed by atoms with Gasteiger partial charge in [-0.3, -0.25) is 0 Å². The zero-order valence-corrected chi connectivity index (χ0v) is 14.8. The molecule has 0 saturated carbocycles. The number of aryl methyl sites for hydroxylation is 1. The number of benzene rings is 2. The summed E-state index contributed by atoms with van der Waals surface area (Å²) in [6, 6.07) is 9.74. The zero-order valence-electron chi connectivity index (χ0n) is 14.0. The number of fused-ring (bicyclic) bond motifs is 1. The summed E-state index contributed by atoms with van der Waals surface area (Å²) in [6.07, 6.45) is 6.87. The van der Waals surface area contributed by atoms with E-state index in [9.17, 15) is 21.6 Å². The lowest BCUT2D eigenvalue weighted by molar-refractivity contribution is -0.0500. The largest absolute Gasteiger partial charge is 0.534 e. The summed E-state index contributed by atoms with van der Waals surface area (Å²) in [5.74, 6) is -0.350. The third-order valence-electron chi connectivity index (χ3n) is 3.93. The number of hydrogen-bond donors (Lipinski definition) is 0. The predicted molar refractivity (Wildman–Crippen MR) is 92.0 cm³/mol. The minimum absolute atomic E-state index is 0.350. The van der Waals surface area contributed by atoms with Gasteiger partial charge in [0.15, 0.2) is 0 Å². The second-order valence-electron chi connectivity index (χ2n) is 5.99. The maximum absolute atomic E-state index is 12.4. The fourth-order valence-corrected chi connectivity index (χ4v) is 3.04. The summed E-state index contributed by atoms with van der Waals surface area (Å²) >= 11 is 0. The molecule has 0 aromatic heterocycles. The summed E-state index contributed by atoms with van der Waals surface area (Å²) in [4.78, 5) is 0. The molecule has 0 atom stereocenters. The highest BCUT2D eigenvalue weighted by Gasteiger charge is 2.48. The van der Waals surface area contributed by atoms with Crippen molar-refractivity contribution in [2.45, 2.75) is 51.0 Å². The van der Waals surface area contributed by atoms with E-state index in [1.54, 1.807) is 12.1 Å². The molecule has 0 radical (unpaired) electrons. The Labute approximate surface area is 145 Å². The Morgan fingerprint density at radius 1 is 0.920 bits per heavy atom. The lowest BCUT2D eigenvalue weighted by Crippen LogP contribution is -2.28. The molecule has 138 valence electrons. The summed E-state index contributed by atoms with van der Waals surface area (Å²) < 4.78 is 63.4. The molecule has 0 amide bonds. The lowest BCUT2D eigenvalue weighted by atomic mass is 10.0. The first-order chi connectivity index (χ1) is 11.7. The number of hydrogen-bond acceptors (Lipinski definition) is 3. The summed E-state index contributed by atoms with van der Waals surface area (Å²) in [5.41, 5.74) is -4.29. The van der Waals surface area contributed by atoms with Crippen molar-refractivity contribution in [2.75, 3.05) is 0 Å². The smallest absolute Gasteiger partial charge is 0.376 e. The molecule has 0 N–H and O–H groups in total. The standard InChI is InChI=1S/C18H21F3O3S/c1-2-3-4-5-6-7-14-8-9-16-13-17(11-10-15(16)12-14)24-25(22,23)18(19,20)21/h8-13H,2-7H2,1H3. The van der Waals surface area contributed by atoms with E-state index in [0.29, 0.717) is 5.39 Å². The number of halogens is 3. The Morgan fingerprint density at radius 3 is 2.24 bits per heavy atom. The minimum atomic E-state index is -5.65. The van der Waals surface area contributed by atoms with Crippen molar-refractivity contribution in [3.8, 4) is 5.75 Å². The number of alkyl halides is 3. The highest BCUT2D eigenvalue weighted by Crippen LogP contribution is 2.29. The third-order valence-corrected chi connectivity index (χ3v) is 4.91. The fraction of sp³-hybridized carbons (Fsp3) is 0.444. The molecule has 3 nitrogen and oxygen atoms in total. The van der Waals surface area contributed by atoms with Crippen molar-refractivity contribution in [1.29, 1.82) is 0 Å². The van der Waals surface area contributed by atoms with E-state index in [1.165, 1.54) is 37.8 Å². The number of rotatable bonds is 8. The molecule has 0 fully saturated rings. The molecule has 2 rings (SSSR count). The van der Waals surface area contributed by atoms with Crippen LogP contribution in [0.3, 0.4) is 0 Å². The normalized spacial score (nSPS) is 12.5. The minimum Gasteiger partial charge on any atom is -0.376 e. The zero-order chi connectivity index (χ0) is 18.5. The molecule has 25 heavy (non-hydrogen) atoms. The fourth-order valence-electron chi connectivity index (χ4n) is 2.59. The molecule has 7 heteroatoms. The van der Waals surface area contributed by atoms with Gasteiger partial charge in [0.1, 0.15) is 5.75 Å². The predicted octanol–water partition coefficient (Wildman–Crippen LogP) is 5.58. The van der Waals surface area contributed by atoms with Crippen LogP contribution < -0.4 is 4.18 Å². The van der Waals surface area contributed by atoms with E-state index in [-0.39, 0.29) is 5.75 Å². The van der Waals surface area contributed by atoms with Crippen LogP contribution in [0.15, 0.2) is 36.4 Å². The Kier molecular flexibility index (Phi) is 6.32. The molecule has 0 aliphatic heterocycles. The van der Waals surface area contributed by atoms with E-state index >= 15 is 0 Å². The van der Waals surface area contributed by atoms with E-state index in [2.05, 4.69) is 11.1 Å². The second-order valence-corrected chi connectivity index (χ2v) is 7.53. The van der Waals surface area contributed by atoms with Crippen LogP contribution >= 0.6 is 0 Å². The summed E-state index contributed by atoms with van der Waals surface area (Å²) in [6.45, 7) is 2.17. The molecule has 0 heterocycles. The van der Waals surface area contributed by atoms with Crippen molar-refractivity contribution in [3.05, 3.63) is 42.0 Å². The highest BCUT2D eigenvalue weighted by atomic mass is 32.2. The molecule has 0 aliphatic rings. The topological polar surface area (TPSA) is 43.4 Å². The quantitative estimate of drug-likeness (QED) is 0.344. The van der Waals surface area contributed by atoms with Crippen molar-refractivity contribution < 1.29 is 25.8 Å². The monoisotopic (exact) mass is 374 g/mol. The molecule has 0 saturated heterocycles. The van der Waals surface area contributed by atoms with Gasteiger partial charge in [0.05, 0.1) is 0 Å². The van der Waals surface area contributed by atoms with E-state index < -0.39 is 15.6 Å².